The first-order valence-electron chi connectivity index (χ1n) is 7.88. The maximum Gasteiger partial charge on any atom is 0.339 e. The van der Waals surface area contributed by atoms with Crippen LogP contribution in [0.15, 0.2) is 35.7 Å². The van der Waals surface area contributed by atoms with Gasteiger partial charge in [0.25, 0.3) is 5.91 Å². The molecular weight excluding hydrogens is 754 g/mol. The third kappa shape index (κ3) is 4.83. The number of hydrogen-bond acceptors (Lipinski definition) is 4. The summed E-state index contributed by atoms with van der Waals surface area (Å²) in [6.07, 6.45) is 0. The number of ether oxygens (including phenoxy) is 1. The lowest BCUT2D eigenvalue weighted by Crippen LogP contribution is -2.16. The van der Waals surface area contributed by atoms with Crippen molar-refractivity contribution in [3.8, 4) is 16.9 Å². The van der Waals surface area contributed by atoms with Gasteiger partial charge in [-0.15, -0.1) is 11.3 Å². The minimum absolute atomic E-state index is 0.0542. The molecule has 0 aliphatic rings. The molecule has 1 amide bonds. The molecule has 3 rings (SSSR count). The second kappa shape index (κ2) is 9.66. The van der Waals surface area contributed by atoms with Crippen molar-refractivity contribution in [2.75, 3.05) is 12.4 Å². The van der Waals surface area contributed by atoms with Gasteiger partial charge in [-0.2, -0.15) is 0 Å². The number of rotatable bonds is 5. The number of benzene rings is 2. The molecule has 0 aliphatic carbocycles. The topological polar surface area (TPSA) is 75.6 Å². The van der Waals surface area contributed by atoms with E-state index in [4.69, 9.17) is 16.3 Å². The third-order valence-corrected chi connectivity index (χ3v) is 9.08. The third-order valence-electron chi connectivity index (χ3n) is 3.95. The normalized spacial score (nSPS) is 10.7. The van der Waals surface area contributed by atoms with E-state index in [1.165, 1.54) is 11.3 Å². The van der Waals surface area contributed by atoms with Crippen molar-refractivity contribution in [3.05, 3.63) is 62.6 Å². The van der Waals surface area contributed by atoms with Gasteiger partial charge in [0.1, 0.15) is 16.3 Å². The summed E-state index contributed by atoms with van der Waals surface area (Å²) >= 11 is 13.4. The fourth-order valence-corrected chi connectivity index (χ4v) is 6.45. The first-order chi connectivity index (χ1) is 13.7. The van der Waals surface area contributed by atoms with Crippen molar-refractivity contribution >= 4 is 108 Å². The van der Waals surface area contributed by atoms with Crippen LogP contribution in [0.25, 0.3) is 11.1 Å². The zero-order chi connectivity index (χ0) is 21.3. The molecule has 2 aromatic carbocycles. The minimum atomic E-state index is -1.11. The average molecular weight is 766 g/mol. The van der Waals surface area contributed by atoms with E-state index in [0.29, 0.717) is 27.5 Å². The van der Waals surface area contributed by atoms with Crippen LogP contribution in [-0.4, -0.2) is 24.1 Å². The number of thiophene rings is 1. The van der Waals surface area contributed by atoms with Gasteiger partial charge < -0.3 is 15.2 Å². The number of nitrogens with one attached hydrogen (secondary N) is 1. The van der Waals surface area contributed by atoms with Crippen LogP contribution >= 0.6 is 90.7 Å². The Bertz CT molecular complexity index is 1120. The molecule has 1 heterocycles. The van der Waals surface area contributed by atoms with Crippen molar-refractivity contribution in [2.24, 2.45) is 0 Å². The number of aromatic carboxylic acids is 1. The summed E-state index contributed by atoms with van der Waals surface area (Å²) in [6.45, 7) is 0. The number of carbonyl (C=O) groups excluding carboxylic acids is 1. The smallest absolute Gasteiger partial charge is 0.339 e. The molecule has 2 N–H and O–H groups in total. The van der Waals surface area contributed by atoms with E-state index in [0.717, 1.165) is 10.7 Å². The van der Waals surface area contributed by atoms with Crippen LogP contribution in [0.4, 0.5) is 5.00 Å². The van der Waals surface area contributed by atoms with Gasteiger partial charge >= 0.3 is 5.97 Å². The van der Waals surface area contributed by atoms with Crippen molar-refractivity contribution < 1.29 is 19.4 Å². The number of carboxylic acid groups (broad SMARTS) is 1. The van der Waals surface area contributed by atoms with Gasteiger partial charge in [0.2, 0.25) is 0 Å². The molecule has 1 aromatic heterocycles. The quantitative estimate of drug-likeness (QED) is 0.221. The Morgan fingerprint density at radius 3 is 2.38 bits per heavy atom. The number of methoxy groups -OCH3 is 1. The largest absolute Gasteiger partial charge is 0.494 e. The monoisotopic (exact) mass is 765 g/mol. The number of amides is 1. The molecular formula is C19H11ClI3NO4S. The Labute approximate surface area is 216 Å². The highest BCUT2D eigenvalue weighted by molar-refractivity contribution is 14.1. The van der Waals surface area contributed by atoms with Crippen molar-refractivity contribution in [2.45, 2.75) is 0 Å². The second-order valence-corrected chi connectivity index (χ2v) is 10.3. The molecule has 0 unspecified atom stereocenters. The number of anilines is 1. The predicted molar refractivity (Wildman–Crippen MR) is 141 cm³/mol. The van der Waals surface area contributed by atoms with Gasteiger partial charge in [0.05, 0.1) is 19.8 Å². The van der Waals surface area contributed by atoms with Gasteiger partial charge in [-0.05, 0) is 91.5 Å². The lowest BCUT2D eigenvalue weighted by molar-refractivity contribution is 0.0699. The van der Waals surface area contributed by atoms with Crippen molar-refractivity contribution in [1.29, 1.82) is 0 Å². The molecule has 0 saturated heterocycles. The highest BCUT2D eigenvalue weighted by atomic mass is 127. The summed E-state index contributed by atoms with van der Waals surface area (Å²) in [6, 6.07) is 8.62. The van der Waals surface area contributed by atoms with E-state index >= 15 is 0 Å². The Balaban J connectivity index is 2.00. The summed E-state index contributed by atoms with van der Waals surface area (Å²) in [5.41, 5.74) is 1.76. The van der Waals surface area contributed by atoms with E-state index < -0.39 is 5.97 Å². The summed E-state index contributed by atoms with van der Waals surface area (Å²) in [7, 11) is 1.58. The standard InChI is InChI=1S/C19H11ClI3NO4S/c1-28-16-12(21)6-10(14(22)15(16)23)17(25)24-18-13(19(26)27)11(7-29-18)8-2-4-9(20)5-3-8/h2-7H,1H3,(H,24,25)(H,26,27). The van der Waals surface area contributed by atoms with Crippen LogP contribution in [-0.2, 0) is 0 Å². The van der Waals surface area contributed by atoms with Gasteiger partial charge in [-0.1, -0.05) is 23.7 Å². The zero-order valence-electron chi connectivity index (χ0n) is 14.6. The van der Waals surface area contributed by atoms with E-state index in [1.807, 2.05) is 0 Å². The molecule has 5 nitrogen and oxygen atoms in total. The fraction of sp³-hybridized carbons (Fsp3) is 0.0526. The SMILES string of the molecule is COc1c(I)cc(C(=O)Nc2scc(-c3ccc(Cl)cc3)c2C(=O)O)c(I)c1I. The first kappa shape index (κ1) is 23.0. The first-order valence-corrected chi connectivity index (χ1v) is 12.4. The lowest BCUT2D eigenvalue weighted by atomic mass is 10.0. The number of hydrogen-bond donors (Lipinski definition) is 2. The molecule has 150 valence electrons. The maximum atomic E-state index is 12.9. The highest BCUT2D eigenvalue weighted by Crippen LogP contribution is 2.38. The molecule has 0 bridgehead atoms. The summed E-state index contributed by atoms with van der Waals surface area (Å²) in [5, 5.41) is 15.1. The number of carbonyl (C=O) groups is 2. The van der Waals surface area contributed by atoms with Crippen molar-refractivity contribution in [3.63, 3.8) is 0 Å². The molecule has 29 heavy (non-hydrogen) atoms. The fourth-order valence-electron chi connectivity index (χ4n) is 2.61. The maximum absolute atomic E-state index is 12.9. The van der Waals surface area contributed by atoms with Gasteiger partial charge in [0, 0.05) is 19.5 Å². The lowest BCUT2D eigenvalue weighted by Gasteiger charge is -2.13. The Morgan fingerprint density at radius 2 is 1.79 bits per heavy atom. The molecule has 3 aromatic rings. The molecule has 0 fully saturated rings. The Kier molecular flexibility index (Phi) is 7.67. The van der Waals surface area contributed by atoms with Crippen LogP contribution in [0.2, 0.25) is 5.02 Å². The summed E-state index contributed by atoms with van der Waals surface area (Å²) in [4.78, 5) is 24.9. The van der Waals surface area contributed by atoms with Gasteiger partial charge in [-0.3, -0.25) is 4.79 Å². The number of halogens is 4. The zero-order valence-corrected chi connectivity index (χ0v) is 22.6. The van der Waals surface area contributed by atoms with Crippen LogP contribution < -0.4 is 10.1 Å². The van der Waals surface area contributed by atoms with Gasteiger partial charge in [-0.25, -0.2) is 4.79 Å². The Morgan fingerprint density at radius 1 is 1.14 bits per heavy atom. The molecule has 0 atom stereocenters. The molecule has 10 heteroatoms. The van der Waals surface area contributed by atoms with E-state index in [9.17, 15) is 14.7 Å². The van der Waals surface area contributed by atoms with E-state index in [-0.39, 0.29) is 16.5 Å². The van der Waals surface area contributed by atoms with Crippen molar-refractivity contribution in [1.82, 2.24) is 0 Å². The summed E-state index contributed by atoms with van der Waals surface area (Å²) < 4.78 is 7.75. The predicted octanol–water partition coefficient (Wildman–Crippen LogP) is 6.84. The van der Waals surface area contributed by atoms with Crippen LogP contribution in [0.1, 0.15) is 20.7 Å². The van der Waals surface area contributed by atoms with Crippen LogP contribution in [0, 0.1) is 10.7 Å². The van der Waals surface area contributed by atoms with E-state index in [1.54, 1.807) is 42.8 Å². The molecule has 0 aliphatic heterocycles. The van der Waals surface area contributed by atoms with Crippen LogP contribution in [0.3, 0.4) is 0 Å². The number of carboxylic acids is 1. The Hall–Kier alpha value is -0.640. The highest BCUT2D eigenvalue weighted by Gasteiger charge is 2.24. The molecule has 0 saturated carbocycles. The minimum Gasteiger partial charge on any atom is -0.494 e. The summed E-state index contributed by atoms with van der Waals surface area (Å²) in [5.74, 6) is -0.778. The van der Waals surface area contributed by atoms with Gasteiger partial charge in [0.15, 0.2) is 0 Å². The van der Waals surface area contributed by atoms with E-state index in [2.05, 4.69) is 73.1 Å². The second-order valence-electron chi connectivity index (χ2n) is 5.69. The molecule has 0 spiro atoms. The average Bonchev–Trinajstić information content (AvgIpc) is 3.09. The van der Waals surface area contributed by atoms with Crippen LogP contribution in [0.5, 0.6) is 5.75 Å². The molecule has 0 radical (unpaired) electrons.